The summed E-state index contributed by atoms with van der Waals surface area (Å²) >= 11 is 1.26. The van der Waals surface area contributed by atoms with Crippen LogP contribution in [0.15, 0.2) is 11.4 Å². The van der Waals surface area contributed by atoms with Gasteiger partial charge in [-0.1, -0.05) is 0 Å². The van der Waals surface area contributed by atoms with Gasteiger partial charge in [0.05, 0.1) is 12.8 Å². The topological polar surface area (TPSA) is 70.7 Å². The van der Waals surface area contributed by atoms with Crippen LogP contribution in [-0.4, -0.2) is 49.2 Å². The number of methoxy groups -OCH3 is 1. The van der Waals surface area contributed by atoms with Gasteiger partial charge in [0.25, 0.3) is 0 Å². The van der Waals surface area contributed by atoms with Gasteiger partial charge < -0.3 is 20.3 Å². The van der Waals surface area contributed by atoms with E-state index < -0.39 is 5.97 Å². The molecule has 1 aromatic heterocycles. The van der Waals surface area contributed by atoms with Gasteiger partial charge in [-0.15, -0.1) is 11.3 Å². The van der Waals surface area contributed by atoms with E-state index in [9.17, 15) is 9.59 Å². The van der Waals surface area contributed by atoms with Gasteiger partial charge in [0.1, 0.15) is 4.88 Å². The lowest BCUT2D eigenvalue weighted by atomic mass is 9.98. The molecule has 0 aromatic carbocycles. The summed E-state index contributed by atoms with van der Waals surface area (Å²) in [4.78, 5) is 26.6. The lowest BCUT2D eigenvalue weighted by Crippen LogP contribution is -2.49. The van der Waals surface area contributed by atoms with E-state index in [2.05, 4.69) is 22.6 Å². The molecule has 120 valence electrons. The number of carbonyl (C=O) groups excluding carboxylic acids is 2. The molecular formula is C15H21N3O3S. The van der Waals surface area contributed by atoms with Crippen LogP contribution in [0.5, 0.6) is 0 Å². The van der Waals surface area contributed by atoms with Gasteiger partial charge in [0.2, 0.25) is 0 Å². The Labute approximate surface area is 133 Å². The minimum absolute atomic E-state index is 0.203. The van der Waals surface area contributed by atoms with Crippen LogP contribution in [0.25, 0.3) is 0 Å². The fraction of sp³-hybridized carbons (Fsp3) is 0.600. The van der Waals surface area contributed by atoms with Crippen LogP contribution >= 0.6 is 11.3 Å². The number of esters is 1. The van der Waals surface area contributed by atoms with E-state index in [0.29, 0.717) is 22.6 Å². The SMILES string of the molecule is COC(=O)c1sccc1NC(=O)NC1CC2CCC(C1)N2C. The van der Waals surface area contributed by atoms with Crippen LogP contribution < -0.4 is 10.6 Å². The number of hydrogen-bond acceptors (Lipinski definition) is 5. The minimum atomic E-state index is -0.428. The molecule has 0 aliphatic carbocycles. The number of fused-ring (bicyclic) bond motifs is 2. The van der Waals surface area contributed by atoms with Crippen LogP contribution in [0.4, 0.5) is 10.5 Å². The number of anilines is 1. The number of hydrogen-bond donors (Lipinski definition) is 2. The fourth-order valence-corrected chi connectivity index (χ4v) is 4.30. The molecule has 0 saturated carbocycles. The van der Waals surface area contributed by atoms with Crippen LogP contribution in [0, 0.1) is 0 Å². The maximum Gasteiger partial charge on any atom is 0.350 e. The predicted octanol–water partition coefficient (Wildman–Crippen LogP) is 2.28. The quantitative estimate of drug-likeness (QED) is 0.837. The number of piperidine rings is 1. The van der Waals surface area contributed by atoms with Crippen molar-refractivity contribution in [3.8, 4) is 0 Å². The summed E-state index contributed by atoms with van der Waals surface area (Å²) in [5.41, 5.74) is 0.505. The predicted molar refractivity (Wildman–Crippen MR) is 85.4 cm³/mol. The summed E-state index contributed by atoms with van der Waals surface area (Å²) in [7, 11) is 3.51. The monoisotopic (exact) mass is 323 g/mol. The Balaban J connectivity index is 1.57. The Morgan fingerprint density at radius 3 is 2.64 bits per heavy atom. The number of nitrogens with one attached hydrogen (secondary N) is 2. The zero-order valence-electron chi connectivity index (χ0n) is 12.8. The summed E-state index contributed by atoms with van der Waals surface area (Å²) in [6.07, 6.45) is 4.43. The molecule has 22 heavy (non-hydrogen) atoms. The highest BCUT2D eigenvalue weighted by Crippen LogP contribution is 2.34. The van der Waals surface area contributed by atoms with Gasteiger partial charge in [0, 0.05) is 18.1 Å². The van der Waals surface area contributed by atoms with Gasteiger partial charge in [-0.25, -0.2) is 9.59 Å². The largest absolute Gasteiger partial charge is 0.465 e. The third kappa shape index (κ3) is 2.96. The third-order valence-corrected chi connectivity index (χ3v) is 5.61. The number of carbonyl (C=O) groups is 2. The van der Waals surface area contributed by atoms with Crippen LogP contribution in [0.3, 0.4) is 0 Å². The fourth-order valence-electron chi connectivity index (χ4n) is 3.53. The van der Waals surface area contributed by atoms with E-state index in [1.54, 1.807) is 11.4 Å². The molecule has 2 N–H and O–H groups in total. The average Bonchev–Trinajstić information content (AvgIpc) is 3.00. The molecule has 6 nitrogen and oxygen atoms in total. The Bertz CT molecular complexity index is 560. The summed E-state index contributed by atoms with van der Waals surface area (Å²) in [6.45, 7) is 0. The molecule has 0 radical (unpaired) electrons. The summed E-state index contributed by atoms with van der Waals surface area (Å²) < 4.78 is 4.71. The minimum Gasteiger partial charge on any atom is -0.465 e. The average molecular weight is 323 g/mol. The Morgan fingerprint density at radius 2 is 2.00 bits per heavy atom. The van der Waals surface area contributed by atoms with Crippen molar-refractivity contribution in [2.45, 2.75) is 43.8 Å². The van der Waals surface area contributed by atoms with E-state index in [1.807, 2.05) is 0 Å². The van der Waals surface area contributed by atoms with Gasteiger partial charge in [-0.2, -0.15) is 0 Å². The molecule has 3 rings (SSSR count). The molecule has 3 heterocycles. The van der Waals surface area contributed by atoms with Crippen molar-refractivity contribution in [2.24, 2.45) is 0 Å². The normalized spacial score (nSPS) is 27.5. The first kappa shape index (κ1) is 15.3. The summed E-state index contributed by atoms with van der Waals surface area (Å²) in [6, 6.07) is 2.83. The van der Waals surface area contributed by atoms with E-state index in [1.165, 1.54) is 31.3 Å². The highest BCUT2D eigenvalue weighted by Gasteiger charge is 2.38. The first-order valence-electron chi connectivity index (χ1n) is 7.53. The zero-order chi connectivity index (χ0) is 15.7. The molecule has 0 spiro atoms. The number of amides is 2. The van der Waals surface area contributed by atoms with Crippen molar-refractivity contribution in [3.05, 3.63) is 16.3 Å². The van der Waals surface area contributed by atoms with E-state index in [0.717, 1.165) is 12.8 Å². The van der Waals surface area contributed by atoms with Crippen LogP contribution in [0.2, 0.25) is 0 Å². The number of ether oxygens (including phenoxy) is 1. The molecule has 2 aliphatic rings. The van der Waals surface area contributed by atoms with Gasteiger partial charge >= 0.3 is 12.0 Å². The number of nitrogens with zero attached hydrogens (tertiary/aromatic N) is 1. The molecule has 2 fully saturated rings. The zero-order valence-corrected chi connectivity index (χ0v) is 13.6. The molecule has 2 aliphatic heterocycles. The second-order valence-corrected chi connectivity index (χ2v) is 6.89. The van der Waals surface area contributed by atoms with E-state index >= 15 is 0 Å². The maximum atomic E-state index is 12.2. The molecule has 2 saturated heterocycles. The van der Waals surface area contributed by atoms with Crippen molar-refractivity contribution in [1.82, 2.24) is 10.2 Å². The Morgan fingerprint density at radius 1 is 1.32 bits per heavy atom. The standard InChI is InChI=1S/C15H21N3O3S/c1-18-10-3-4-11(18)8-9(7-10)16-15(20)17-12-5-6-22-13(12)14(19)21-2/h5-6,9-11H,3-4,7-8H2,1-2H3,(H2,16,17,20). The van der Waals surface area contributed by atoms with Crippen molar-refractivity contribution >= 4 is 29.0 Å². The first-order chi connectivity index (χ1) is 10.6. The molecule has 2 amide bonds. The van der Waals surface area contributed by atoms with Gasteiger partial charge in [-0.05, 0) is 44.2 Å². The smallest absolute Gasteiger partial charge is 0.350 e. The summed E-state index contributed by atoms with van der Waals surface area (Å²) in [5.74, 6) is -0.428. The van der Waals surface area contributed by atoms with E-state index in [-0.39, 0.29) is 12.1 Å². The molecule has 1 aromatic rings. The number of urea groups is 1. The lowest BCUT2D eigenvalue weighted by molar-refractivity contribution is 0.0607. The van der Waals surface area contributed by atoms with Crippen LogP contribution in [0.1, 0.15) is 35.4 Å². The van der Waals surface area contributed by atoms with Gasteiger partial charge in [-0.3, -0.25) is 0 Å². The second kappa shape index (κ2) is 6.26. The van der Waals surface area contributed by atoms with Crippen molar-refractivity contribution in [3.63, 3.8) is 0 Å². The Hall–Kier alpha value is -1.60. The van der Waals surface area contributed by atoms with Crippen LogP contribution in [-0.2, 0) is 4.74 Å². The molecular weight excluding hydrogens is 302 g/mol. The van der Waals surface area contributed by atoms with Gasteiger partial charge in [0.15, 0.2) is 0 Å². The second-order valence-electron chi connectivity index (χ2n) is 5.97. The maximum absolute atomic E-state index is 12.2. The van der Waals surface area contributed by atoms with Crippen molar-refractivity contribution in [1.29, 1.82) is 0 Å². The highest BCUT2D eigenvalue weighted by atomic mass is 32.1. The highest BCUT2D eigenvalue weighted by molar-refractivity contribution is 7.12. The molecule has 2 unspecified atom stereocenters. The first-order valence-corrected chi connectivity index (χ1v) is 8.41. The van der Waals surface area contributed by atoms with Crippen molar-refractivity contribution < 1.29 is 14.3 Å². The summed E-state index contributed by atoms with van der Waals surface area (Å²) in [5, 5.41) is 7.56. The Kier molecular flexibility index (Phi) is 4.35. The molecule has 2 bridgehead atoms. The van der Waals surface area contributed by atoms with E-state index in [4.69, 9.17) is 4.74 Å². The number of thiophene rings is 1. The lowest BCUT2D eigenvalue weighted by Gasteiger charge is -2.36. The third-order valence-electron chi connectivity index (χ3n) is 4.72. The molecule has 2 atom stereocenters. The molecule has 7 heteroatoms. The van der Waals surface area contributed by atoms with Crippen molar-refractivity contribution in [2.75, 3.05) is 19.5 Å². The number of rotatable bonds is 3.